The lowest BCUT2D eigenvalue weighted by Gasteiger charge is -2.03. The van der Waals surface area contributed by atoms with Gasteiger partial charge < -0.3 is 0 Å². The Morgan fingerprint density at radius 1 is 1.10 bits per heavy atom. The molecule has 0 saturated carbocycles. The predicted molar refractivity (Wildman–Crippen MR) is 83.4 cm³/mol. The Bertz CT molecular complexity index is 814. The summed E-state index contributed by atoms with van der Waals surface area (Å²) in [6.07, 6.45) is 1.36. The Kier molecular flexibility index (Phi) is 4.46. The van der Waals surface area contributed by atoms with E-state index in [1.807, 2.05) is 19.1 Å². The summed E-state index contributed by atoms with van der Waals surface area (Å²) in [6, 6.07) is 14.7. The fraction of sp³-hybridized carbons (Fsp3) is 0.0625. The molecule has 0 atom stereocenters. The van der Waals surface area contributed by atoms with Crippen LogP contribution in [-0.2, 0) is 9.84 Å². The van der Waals surface area contributed by atoms with Gasteiger partial charge in [0.15, 0.2) is 0 Å². The van der Waals surface area contributed by atoms with Gasteiger partial charge in [0.05, 0.1) is 4.90 Å². The van der Waals surface area contributed by atoms with E-state index in [9.17, 15) is 8.42 Å². The van der Waals surface area contributed by atoms with Crippen molar-refractivity contribution in [1.29, 1.82) is 5.26 Å². The first kappa shape index (κ1) is 15.3. The van der Waals surface area contributed by atoms with Crippen molar-refractivity contribution in [3.63, 3.8) is 0 Å². The van der Waals surface area contributed by atoms with Crippen molar-refractivity contribution < 1.29 is 8.42 Å². The number of benzene rings is 2. The summed E-state index contributed by atoms with van der Waals surface area (Å²) < 4.78 is 24.8. The molecular weight excluding hydrogens is 306 g/mol. The number of nitrogens with zero attached hydrogens (tertiary/aromatic N) is 1. The lowest BCUT2D eigenvalue weighted by Crippen LogP contribution is -2.03. The number of allylic oxidation sites excluding steroid dienone is 1. The Balaban J connectivity index is 2.47. The van der Waals surface area contributed by atoms with E-state index in [0.717, 1.165) is 5.56 Å². The summed E-state index contributed by atoms with van der Waals surface area (Å²) in [5, 5.41) is 9.61. The van der Waals surface area contributed by atoms with Gasteiger partial charge >= 0.3 is 0 Å². The first-order chi connectivity index (χ1) is 9.93. The molecule has 0 radical (unpaired) electrons. The molecule has 106 valence electrons. The third kappa shape index (κ3) is 3.52. The van der Waals surface area contributed by atoms with Gasteiger partial charge in [-0.15, -0.1) is 0 Å². The normalized spacial score (nSPS) is 12.0. The van der Waals surface area contributed by atoms with Gasteiger partial charge in [0, 0.05) is 5.02 Å². The van der Waals surface area contributed by atoms with Gasteiger partial charge in [-0.1, -0.05) is 41.4 Å². The Hall–Kier alpha value is -2.09. The van der Waals surface area contributed by atoms with Crippen LogP contribution in [0.25, 0.3) is 6.08 Å². The molecule has 5 heteroatoms. The van der Waals surface area contributed by atoms with Crippen molar-refractivity contribution in [3.8, 4) is 6.07 Å². The zero-order valence-corrected chi connectivity index (χ0v) is 12.8. The number of hydrogen-bond donors (Lipinski definition) is 0. The molecule has 3 nitrogen and oxygen atoms in total. The van der Waals surface area contributed by atoms with Crippen molar-refractivity contribution >= 4 is 27.5 Å². The highest BCUT2D eigenvalue weighted by Crippen LogP contribution is 2.22. The van der Waals surface area contributed by atoms with E-state index in [2.05, 4.69) is 0 Å². The van der Waals surface area contributed by atoms with Crippen LogP contribution in [0.3, 0.4) is 0 Å². The van der Waals surface area contributed by atoms with Gasteiger partial charge in [-0.2, -0.15) is 5.26 Å². The fourth-order valence-corrected chi connectivity index (χ4v) is 3.01. The van der Waals surface area contributed by atoms with E-state index in [1.165, 1.54) is 30.3 Å². The molecule has 2 rings (SSSR count). The number of nitriles is 1. The summed E-state index contributed by atoms with van der Waals surface area (Å²) in [6.45, 7) is 1.93. The van der Waals surface area contributed by atoms with Gasteiger partial charge in [0.2, 0.25) is 9.84 Å². The Morgan fingerprint density at radius 3 is 2.19 bits per heavy atom. The van der Waals surface area contributed by atoms with Crippen molar-refractivity contribution in [3.05, 3.63) is 69.6 Å². The summed E-state index contributed by atoms with van der Waals surface area (Å²) in [5.41, 5.74) is 1.72. The maximum atomic E-state index is 12.4. The predicted octanol–water partition coefficient (Wildman–Crippen LogP) is 3.99. The average molecular weight is 318 g/mol. The fourth-order valence-electron chi connectivity index (χ4n) is 1.72. The van der Waals surface area contributed by atoms with Crippen molar-refractivity contribution in [2.45, 2.75) is 11.8 Å². The Labute approximate surface area is 129 Å². The van der Waals surface area contributed by atoms with Crippen LogP contribution in [0.5, 0.6) is 0 Å². The standard InChI is InChI=1S/C16H12ClNO2S/c1-12-2-4-13(5-3-12)10-16(11-18)21(19,20)15-8-6-14(17)7-9-15/h2-10H,1H3/b16-10+. The van der Waals surface area contributed by atoms with E-state index in [0.29, 0.717) is 10.6 Å². The number of hydrogen-bond acceptors (Lipinski definition) is 3. The molecule has 0 saturated heterocycles. The van der Waals surface area contributed by atoms with Crippen molar-refractivity contribution in [1.82, 2.24) is 0 Å². The summed E-state index contributed by atoms with van der Waals surface area (Å²) in [5.74, 6) is 0. The van der Waals surface area contributed by atoms with Crippen LogP contribution in [0.15, 0.2) is 58.3 Å². The zero-order valence-electron chi connectivity index (χ0n) is 11.2. The lowest BCUT2D eigenvalue weighted by atomic mass is 10.1. The average Bonchev–Trinajstić information content (AvgIpc) is 2.47. The van der Waals surface area contributed by atoms with Crippen LogP contribution in [0.1, 0.15) is 11.1 Å². The molecule has 0 amide bonds. The molecule has 0 aliphatic rings. The minimum Gasteiger partial charge on any atom is -0.218 e. The molecule has 0 aliphatic carbocycles. The van der Waals surface area contributed by atoms with E-state index in [-0.39, 0.29) is 9.80 Å². The highest BCUT2D eigenvalue weighted by Gasteiger charge is 2.20. The van der Waals surface area contributed by atoms with Gasteiger partial charge in [-0.25, -0.2) is 8.42 Å². The van der Waals surface area contributed by atoms with Crippen molar-refractivity contribution in [2.75, 3.05) is 0 Å². The maximum Gasteiger partial charge on any atom is 0.216 e. The molecule has 0 fully saturated rings. The monoisotopic (exact) mass is 317 g/mol. The highest BCUT2D eigenvalue weighted by atomic mass is 35.5. The topological polar surface area (TPSA) is 57.9 Å². The van der Waals surface area contributed by atoms with Crippen LogP contribution in [0, 0.1) is 18.3 Å². The van der Waals surface area contributed by atoms with E-state index >= 15 is 0 Å². The third-order valence-electron chi connectivity index (χ3n) is 2.90. The summed E-state index contributed by atoms with van der Waals surface area (Å²) in [7, 11) is -3.83. The largest absolute Gasteiger partial charge is 0.218 e. The number of rotatable bonds is 3. The number of halogens is 1. The molecule has 0 N–H and O–H groups in total. The minimum absolute atomic E-state index is 0.0480. The molecule has 2 aromatic carbocycles. The minimum atomic E-state index is -3.83. The van der Waals surface area contributed by atoms with E-state index in [4.69, 9.17) is 16.9 Å². The third-order valence-corrected chi connectivity index (χ3v) is 4.83. The van der Waals surface area contributed by atoms with Crippen LogP contribution in [0.2, 0.25) is 5.02 Å². The quantitative estimate of drug-likeness (QED) is 0.804. The second-order valence-electron chi connectivity index (χ2n) is 4.49. The maximum absolute atomic E-state index is 12.4. The molecule has 0 spiro atoms. The lowest BCUT2D eigenvalue weighted by molar-refractivity contribution is 0.603. The Morgan fingerprint density at radius 2 is 1.67 bits per heavy atom. The molecular formula is C16H12ClNO2S. The van der Waals surface area contributed by atoms with Crippen molar-refractivity contribution in [2.24, 2.45) is 0 Å². The smallest absolute Gasteiger partial charge is 0.216 e. The van der Waals surface area contributed by atoms with Gasteiger partial charge in [-0.3, -0.25) is 0 Å². The SMILES string of the molecule is Cc1ccc(/C=C(\C#N)S(=O)(=O)c2ccc(Cl)cc2)cc1. The molecule has 0 heterocycles. The number of aryl methyl sites for hydroxylation is 1. The van der Waals surface area contributed by atoms with E-state index < -0.39 is 9.84 Å². The van der Waals surface area contributed by atoms with Gasteiger partial charge in [0.25, 0.3) is 0 Å². The molecule has 0 bridgehead atoms. The van der Waals surface area contributed by atoms with Crippen LogP contribution in [0.4, 0.5) is 0 Å². The zero-order chi connectivity index (χ0) is 15.5. The molecule has 2 aromatic rings. The second-order valence-corrected chi connectivity index (χ2v) is 6.84. The van der Waals surface area contributed by atoms with Gasteiger partial charge in [0.1, 0.15) is 11.0 Å². The molecule has 0 unspecified atom stereocenters. The molecule has 0 aliphatic heterocycles. The first-order valence-electron chi connectivity index (χ1n) is 6.12. The van der Waals surface area contributed by atoms with Gasteiger partial charge in [-0.05, 0) is 42.8 Å². The first-order valence-corrected chi connectivity index (χ1v) is 7.99. The highest BCUT2D eigenvalue weighted by molar-refractivity contribution is 7.95. The molecule has 0 aromatic heterocycles. The van der Waals surface area contributed by atoms with Crippen LogP contribution in [-0.4, -0.2) is 8.42 Å². The number of sulfone groups is 1. The van der Waals surface area contributed by atoms with Crippen LogP contribution < -0.4 is 0 Å². The summed E-state index contributed by atoms with van der Waals surface area (Å²) >= 11 is 5.75. The second kappa shape index (κ2) is 6.13. The molecule has 21 heavy (non-hydrogen) atoms. The summed E-state index contributed by atoms with van der Waals surface area (Å²) in [4.78, 5) is -0.250. The van der Waals surface area contributed by atoms with E-state index in [1.54, 1.807) is 18.2 Å². The van der Waals surface area contributed by atoms with Crippen LogP contribution >= 0.6 is 11.6 Å².